The van der Waals surface area contributed by atoms with Crippen molar-refractivity contribution in [2.45, 2.75) is 37.7 Å². The summed E-state index contributed by atoms with van der Waals surface area (Å²) in [5.74, 6) is 1.52. The van der Waals surface area contributed by atoms with Gasteiger partial charge in [0.2, 0.25) is 0 Å². The molecule has 3 aliphatic rings. The van der Waals surface area contributed by atoms with Gasteiger partial charge >= 0.3 is 0 Å². The second-order valence-corrected chi connectivity index (χ2v) is 8.88. The molecule has 6 nitrogen and oxygen atoms in total. The summed E-state index contributed by atoms with van der Waals surface area (Å²) in [5.41, 5.74) is 2.14. The Morgan fingerprint density at radius 1 is 1.18 bits per heavy atom. The summed E-state index contributed by atoms with van der Waals surface area (Å²) in [5, 5.41) is 0. The number of morpholine rings is 1. The molecule has 2 fully saturated rings. The number of ether oxygens (including phenoxy) is 1. The van der Waals surface area contributed by atoms with Gasteiger partial charge in [0.15, 0.2) is 9.84 Å². The third-order valence-electron chi connectivity index (χ3n) is 5.14. The van der Waals surface area contributed by atoms with E-state index in [9.17, 15) is 8.42 Å². The molecule has 3 heterocycles. The van der Waals surface area contributed by atoms with Crippen LogP contribution in [-0.4, -0.2) is 55.2 Å². The summed E-state index contributed by atoms with van der Waals surface area (Å²) in [7, 11) is -2.87. The first-order chi connectivity index (χ1) is 10.6. The second kappa shape index (κ2) is 5.16. The van der Waals surface area contributed by atoms with E-state index < -0.39 is 9.84 Å². The van der Waals surface area contributed by atoms with Crippen molar-refractivity contribution in [1.29, 1.82) is 0 Å². The summed E-state index contributed by atoms with van der Waals surface area (Å²) >= 11 is 0. The number of fused-ring (bicyclic) bond motifs is 1. The maximum Gasteiger partial charge on any atom is 0.150 e. The van der Waals surface area contributed by atoms with Gasteiger partial charge in [0.25, 0.3) is 0 Å². The monoisotopic (exact) mass is 323 g/mol. The fourth-order valence-corrected chi connectivity index (χ4v) is 5.42. The predicted octanol–water partition coefficient (Wildman–Crippen LogP) is 0.749. The van der Waals surface area contributed by atoms with Gasteiger partial charge in [-0.2, -0.15) is 0 Å². The number of nitrogens with zero attached hydrogens (tertiary/aromatic N) is 3. The SMILES string of the molecule is O=S1(=O)CCC2(CC1)CN(c1ncnc3c1CCC3)CCO2. The lowest BCUT2D eigenvalue weighted by Gasteiger charge is -2.45. The second-order valence-electron chi connectivity index (χ2n) is 6.58. The minimum Gasteiger partial charge on any atom is -0.371 e. The van der Waals surface area contributed by atoms with Gasteiger partial charge in [-0.25, -0.2) is 18.4 Å². The lowest BCUT2D eigenvalue weighted by molar-refractivity contribution is -0.0618. The summed E-state index contributed by atoms with van der Waals surface area (Å²) in [6.45, 7) is 2.20. The zero-order chi connectivity index (χ0) is 15.2. The third kappa shape index (κ3) is 2.50. The number of hydrogen-bond donors (Lipinski definition) is 0. The first-order valence-corrected chi connectivity index (χ1v) is 9.81. The van der Waals surface area contributed by atoms with E-state index in [1.165, 1.54) is 11.3 Å². The average molecular weight is 323 g/mol. The number of aryl methyl sites for hydroxylation is 1. The van der Waals surface area contributed by atoms with Gasteiger partial charge in [-0.1, -0.05) is 0 Å². The Kier molecular flexibility index (Phi) is 3.38. The van der Waals surface area contributed by atoms with Gasteiger partial charge in [0.1, 0.15) is 12.1 Å². The highest BCUT2D eigenvalue weighted by molar-refractivity contribution is 7.91. The van der Waals surface area contributed by atoms with E-state index in [2.05, 4.69) is 14.9 Å². The van der Waals surface area contributed by atoms with Crippen LogP contribution in [-0.2, 0) is 27.4 Å². The molecule has 1 aromatic heterocycles. The highest BCUT2D eigenvalue weighted by Crippen LogP contribution is 2.35. The first-order valence-electron chi connectivity index (χ1n) is 7.99. The van der Waals surface area contributed by atoms with Gasteiger partial charge in [-0.15, -0.1) is 0 Å². The molecule has 120 valence electrons. The van der Waals surface area contributed by atoms with Crippen molar-refractivity contribution in [3.63, 3.8) is 0 Å². The van der Waals surface area contributed by atoms with Gasteiger partial charge in [0.05, 0.1) is 23.7 Å². The number of aromatic nitrogens is 2. The Morgan fingerprint density at radius 3 is 2.82 bits per heavy atom. The molecule has 0 radical (unpaired) electrons. The minimum absolute atomic E-state index is 0.239. The number of anilines is 1. The number of sulfone groups is 1. The van der Waals surface area contributed by atoms with Crippen LogP contribution in [0.15, 0.2) is 6.33 Å². The van der Waals surface area contributed by atoms with Crippen LogP contribution >= 0.6 is 0 Å². The predicted molar refractivity (Wildman–Crippen MR) is 82.8 cm³/mol. The van der Waals surface area contributed by atoms with E-state index in [-0.39, 0.29) is 17.1 Å². The molecular weight excluding hydrogens is 302 g/mol. The number of rotatable bonds is 1. The Balaban J connectivity index is 1.58. The Labute approximate surface area is 130 Å². The smallest absolute Gasteiger partial charge is 0.150 e. The average Bonchev–Trinajstić information content (AvgIpc) is 2.99. The largest absolute Gasteiger partial charge is 0.371 e. The van der Waals surface area contributed by atoms with Crippen LogP contribution in [0.4, 0.5) is 5.82 Å². The Bertz CT molecular complexity index is 675. The fourth-order valence-electron chi connectivity index (χ4n) is 3.85. The highest BCUT2D eigenvalue weighted by Gasteiger charge is 2.42. The molecule has 4 rings (SSSR count). The maximum absolute atomic E-state index is 11.7. The standard InChI is InChI=1S/C15H21N3O3S/c19-22(20)8-4-15(5-9-22)10-18(6-7-21-15)14-12-2-1-3-13(12)16-11-17-14/h11H,1-10H2. The Morgan fingerprint density at radius 2 is 2.00 bits per heavy atom. The molecule has 1 spiro atoms. The van der Waals surface area contributed by atoms with Crippen molar-refractivity contribution >= 4 is 15.7 Å². The van der Waals surface area contributed by atoms with Crippen LogP contribution in [0.1, 0.15) is 30.5 Å². The summed E-state index contributed by atoms with van der Waals surface area (Å²) < 4.78 is 29.4. The van der Waals surface area contributed by atoms with E-state index >= 15 is 0 Å². The van der Waals surface area contributed by atoms with Gasteiger partial charge < -0.3 is 9.64 Å². The zero-order valence-corrected chi connectivity index (χ0v) is 13.4. The molecule has 0 atom stereocenters. The molecule has 2 aliphatic heterocycles. The lowest BCUT2D eigenvalue weighted by Crippen LogP contribution is -2.55. The molecule has 0 N–H and O–H groups in total. The summed E-state index contributed by atoms with van der Waals surface area (Å²) in [6.07, 6.45) is 6.09. The molecule has 2 saturated heterocycles. The normalized spacial score (nSPS) is 26.1. The molecule has 0 bridgehead atoms. The molecule has 0 unspecified atom stereocenters. The summed E-state index contributed by atoms with van der Waals surface area (Å²) in [6, 6.07) is 0. The molecule has 1 aromatic rings. The van der Waals surface area contributed by atoms with Crippen LogP contribution in [0.2, 0.25) is 0 Å². The molecule has 22 heavy (non-hydrogen) atoms. The zero-order valence-electron chi connectivity index (χ0n) is 12.6. The number of hydrogen-bond acceptors (Lipinski definition) is 6. The molecule has 0 saturated carbocycles. The first kappa shape index (κ1) is 14.4. The van der Waals surface area contributed by atoms with Crippen molar-refractivity contribution in [1.82, 2.24) is 9.97 Å². The molecule has 0 aromatic carbocycles. The lowest BCUT2D eigenvalue weighted by atomic mass is 9.94. The van der Waals surface area contributed by atoms with Crippen LogP contribution in [0.5, 0.6) is 0 Å². The molecular formula is C15H21N3O3S. The maximum atomic E-state index is 11.7. The van der Waals surface area contributed by atoms with Gasteiger partial charge in [0, 0.05) is 24.3 Å². The topological polar surface area (TPSA) is 72.4 Å². The van der Waals surface area contributed by atoms with Crippen molar-refractivity contribution in [3.8, 4) is 0 Å². The van der Waals surface area contributed by atoms with Crippen LogP contribution in [0.25, 0.3) is 0 Å². The highest BCUT2D eigenvalue weighted by atomic mass is 32.2. The van der Waals surface area contributed by atoms with E-state index in [4.69, 9.17) is 4.74 Å². The summed E-state index contributed by atoms with van der Waals surface area (Å²) in [4.78, 5) is 11.2. The van der Waals surface area contributed by atoms with Crippen molar-refractivity contribution in [2.75, 3.05) is 36.1 Å². The van der Waals surface area contributed by atoms with Crippen molar-refractivity contribution in [2.24, 2.45) is 0 Å². The van der Waals surface area contributed by atoms with Crippen LogP contribution in [0.3, 0.4) is 0 Å². The van der Waals surface area contributed by atoms with Gasteiger partial charge in [-0.05, 0) is 32.1 Å². The molecule has 1 aliphatic carbocycles. The van der Waals surface area contributed by atoms with Crippen LogP contribution in [0, 0.1) is 0 Å². The third-order valence-corrected chi connectivity index (χ3v) is 6.79. The van der Waals surface area contributed by atoms with Crippen molar-refractivity contribution in [3.05, 3.63) is 17.6 Å². The van der Waals surface area contributed by atoms with E-state index in [1.807, 2.05) is 0 Å². The van der Waals surface area contributed by atoms with Crippen molar-refractivity contribution < 1.29 is 13.2 Å². The van der Waals surface area contributed by atoms with Gasteiger partial charge in [-0.3, -0.25) is 0 Å². The van der Waals surface area contributed by atoms with Crippen LogP contribution < -0.4 is 4.90 Å². The van der Waals surface area contributed by atoms with E-state index in [0.717, 1.165) is 38.2 Å². The Hall–Kier alpha value is -1.21. The van der Waals surface area contributed by atoms with E-state index in [0.29, 0.717) is 19.4 Å². The fraction of sp³-hybridized carbons (Fsp3) is 0.733. The molecule has 7 heteroatoms. The molecule has 0 amide bonds. The minimum atomic E-state index is -2.87. The quantitative estimate of drug-likeness (QED) is 0.759. The van der Waals surface area contributed by atoms with E-state index in [1.54, 1.807) is 6.33 Å².